The Morgan fingerprint density at radius 1 is 1.44 bits per heavy atom. The fourth-order valence-electron chi connectivity index (χ4n) is 2.08. The molecule has 0 bridgehead atoms. The van der Waals surface area contributed by atoms with E-state index in [1.165, 1.54) is 0 Å². The molecule has 0 radical (unpaired) electrons. The quantitative estimate of drug-likeness (QED) is 0.471. The number of rotatable bonds is 5. The van der Waals surface area contributed by atoms with Crippen molar-refractivity contribution >= 4 is 33.5 Å². The summed E-state index contributed by atoms with van der Waals surface area (Å²) in [6.45, 7) is 2.82. The predicted octanol–water partition coefficient (Wildman–Crippen LogP) is 2.58. The number of halogens is 1. The molecule has 0 atom stereocenters. The smallest absolute Gasteiger partial charge is 0.133 e. The van der Waals surface area contributed by atoms with Gasteiger partial charge >= 0.3 is 0 Å². The van der Waals surface area contributed by atoms with Crippen LogP contribution in [0.15, 0.2) is 17.4 Å². The Balaban J connectivity index is 1.88. The van der Waals surface area contributed by atoms with E-state index in [1.54, 1.807) is 18.1 Å². The Kier molecular flexibility index (Phi) is 5.72. The van der Waals surface area contributed by atoms with Gasteiger partial charge in [-0.1, -0.05) is 15.9 Å². The second-order valence-electron chi connectivity index (χ2n) is 4.16. The number of ether oxygens (including phenoxy) is 1. The van der Waals surface area contributed by atoms with Crippen LogP contribution < -0.4 is 4.90 Å². The minimum Gasteiger partial charge on any atom is -0.377 e. The Bertz CT molecular complexity index is 372. The lowest BCUT2D eigenvalue weighted by Gasteiger charge is -2.32. The van der Waals surface area contributed by atoms with Crippen molar-refractivity contribution in [3.05, 3.63) is 12.4 Å². The Labute approximate surface area is 121 Å². The first kappa shape index (κ1) is 14.1. The van der Waals surface area contributed by atoms with E-state index < -0.39 is 0 Å². The van der Waals surface area contributed by atoms with Crippen molar-refractivity contribution in [2.24, 2.45) is 0 Å². The molecule has 2 rings (SSSR count). The maximum atomic E-state index is 5.75. The topological polar surface area (TPSA) is 38.2 Å². The summed E-state index contributed by atoms with van der Waals surface area (Å²) in [6.07, 6.45) is 6.23. The molecule has 0 aromatic carbocycles. The SMILES string of the molecule is CSc1cc(N2CCC(OCCBr)CC2)ncn1. The molecular weight excluding hydrogens is 314 g/mol. The molecule has 0 saturated carbocycles. The third-order valence-electron chi connectivity index (χ3n) is 3.03. The molecular formula is C12H18BrN3OS. The number of nitrogens with zero attached hydrogens (tertiary/aromatic N) is 3. The van der Waals surface area contributed by atoms with Crippen LogP contribution in [0.1, 0.15) is 12.8 Å². The Morgan fingerprint density at radius 3 is 2.89 bits per heavy atom. The van der Waals surface area contributed by atoms with Crippen molar-refractivity contribution in [3.8, 4) is 0 Å². The van der Waals surface area contributed by atoms with Gasteiger partial charge in [0.1, 0.15) is 17.2 Å². The third kappa shape index (κ3) is 3.83. The Hall–Kier alpha value is -0.330. The molecule has 1 fully saturated rings. The largest absolute Gasteiger partial charge is 0.377 e. The zero-order valence-corrected chi connectivity index (χ0v) is 12.9. The van der Waals surface area contributed by atoms with Crippen LogP contribution in [0.4, 0.5) is 5.82 Å². The van der Waals surface area contributed by atoms with Crippen LogP contribution in [0.25, 0.3) is 0 Å². The molecule has 1 aromatic rings. The van der Waals surface area contributed by atoms with Gasteiger partial charge in [0.25, 0.3) is 0 Å². The summed E-state index contributed by atoms with van der Waals surface area (Å²) in [6, 6.07) is 2.06. The molecule has 0 aliphatic carbocycles. The highest BCUT2D eigenvalue weighted by molar-refractivity contribution is 9.09. The zero-order valence-electron chi connectivity index (χ0n) is 10.5. The molecule has 4 nitrogen and oxygen atoms in total. The predicted molar refractivity (Wildman–Crippen MR) is 78.8 cm³/mol. The molecule has 0 spiro atoms. The van der Waals surface area contributed by atoms with Gasteiger partial charge in [-0.2, -0.15) is 0 Å². The number of piperidine rings is 1. The van der Waals surface area contributed by atoms with Gasteiger partial charge in [-0.3, -0.25) is 0 Å². The van der Waals surface area contributed by atoms with Crippen LogP contribution >= 0.6 is 27.7 Å². The fourth-order valence-corrected chi connectivity index (χ4v) is 2.64. The van der Waals surface area contributed by atoms with Crippen molar-refractivity contribution in [1.82, 2.24) is 9.97 Å². The number of anilines is 1. The van der Waals surface area contributed by atoms with Crippen LogP contribution in [0.5, 0.6) is 0 Å². The van der Waals surface area contributed by atoms with E-state index in [0.717, 1.165) is 48.7 Å². The molecule has 1 saturated heterocycles. The maximum absolute atomic E-state index is 5.75. The number of hydrogen-bond donors (Lipinski definition) is 0. The van der Waals surface area contributed by atoms with E-state index >= 15 is 0 Å². The van der Waals surface area contributed by atoms with Gasteiger partial charge in [0.05, 0.1) is 12.7 Å². The molecule has 18 heavy (non-hydrogen) atoms. The molecule has 0 N–H and O–H groups in total. The van der Waals surface area contributed by atoms with Crippen LogP contribution in [0.2, 0.25) is 0 Å². The lowest BCUT2D eigenvalue weighted by atomic mass is 10.1. The van der Waals surface area contributed by atoms with Gasteiger partial charge in [0.15, 0.2) is 0 Å². The van der Waals surface area contributed by atoms with Gasteiger partial charge < -0.3 is 9.64 Å². The van der Waals surface area contributed by atoms with Crippen molar-refractivity contribution in [3.63, 3.8) is 0 Å². The summed E-state index contributed by atoms with van der Waals surface area (Å²) in [4.78, 5) is 10.9. The van der Waals surface area contributed by atoms with Crippen LogP contribution in [0, 0.1) is 0 Å². The Morgan fingerprint density at radius 2 is 2.22 bits per heavy atom. The molecule has 0 amide bonds. The average Bonchev–Trinajstić information content (AvgIpc) is 2.46. The van der Waals surface area contributed by atoms with E-state index in [0.29, 0.717) is 6.10 Å². The maximum Gasteiger partial charge on any atom is 0.133 e. The van der Waals surface area contributed by atoms with Gasteiger partial charge in [-0.25, -0.2) is 9.97 Å². The first-order chi connectivity index (χ1) is 8.83. The van der Waals surface area contributed by atoms with E-state index in [1.807, 2.05) is 6.26 Å². The summed E-state index contributed by atoms with van der Waals surface area (Å²) in [7, 11) is 0. The molecule has 1 aliphatic heterocycles. The normalized spacial score (nSPS) is 17.1. The van der Waals surface area contributed by atoms with Gasteiger partial charge in [0, 0.05) is 24.5 Å². The lowest BCUT2D eigenvalue weighted by Crippen LogP contribution is -2.37. The summed E-state index contributed by atoms with van der Waals surface area (Å²) in [5, 5.41) is 1.94. The summed E-state index contributed by atoms with van der Waals surface area (Å²) in [5.41, 5.74) is 0. The van der Waals surface area contributed by atoms with E-state index in [-0.39, 0.29) is 0 Å². The van der Waals surface area contributed by atoms with Crippen molar-refractivity contribution < 1.29 is 4.74 Å². The number of alkyl halides is 1. The third-order valence-corrected chi connectivity index (χ3v) is 4.00. The number of hydrogen-bond acceptors (Lipinski definition) is 5. The molecule has 1 aliphatic rings. The van der Waals surface area contributed by atoms with Gasteiger partial charge in [-0.15, -0.1) is 11.8 Å². The molecule has 0 unspecified atom stereocenters. The number of thioether (sulfide) groups is 1. The van der Waals surface area contributed by atoms with Crippen molar-refractivity contribution in [2.75, 3.05) is 36.2 Å². The first-order valence-electron chi connectivity index (χ1n) is 6.12. The molecule has 6 heteroatoms. The van der Waals surface area contributed by atoms with Crippen LogP contribution in [-0.4, -0.2) is 47.4 Å². The monoisotopic (exact) mass is 331 g/mol. The average molecular weight is 332 g/mol. The molecule has 100 valence electrons. The standard InChI is InChI=1S/C12H18BrN3OS/c1-18-12-8-11(14-9-15-12)16-5-2-10(3-6-16)17-7-4-13/h8-10H,2-7H2,1H3. The van der Waals surface area contributed by atoms with E-state index in [9.17, 15) is 0 Å². The second-order valence-corrected chi connectivity index (χ2v) is 5.78. The molecule has 1 aromatic heterocycles. The van der Waals surface area contributed by atoms with Crippen molar-refractivity contribution in [1.29, 1.82) is 0 Å². The summed E-state index contributed by atoms with van der Waals surface area (Å²) >= 11 is 5.04. The first-order valence-corrected chi connectivity index (χ1v) is 8.46. The highest BCUT2D eigenvalue weighted by atomic mass is 79.9. The fraction of sp³-hybridized carbons (Fsp3) is 0.667. The van der Waals surface area contributed by atoms with E-state index in [2.05, 4.69) is 36.9 Å². The van der Waals surface area contributed by atoms with Crippen LogP contribution in [-0.2, 0) is 4.74 Å². The highest BCUT2D eigenvalue weighted by Crippen LogP contribution is 2.22. The second kappa shape index (κ2) is 7.31. The molecule has 2 heterocycles. The minimum absolute atomic E-state index is 0.403. The van der Waals surface area contributed by atoms with Gasteiger partial charge in [0.2, 0.25) is 0 Å². The summed E-state index contributed by atoms with van der Waals surface area (Å²) in [5.74, 6) is 1.04. The lowest BCUT2D eigenvalue weighted by molar-refractivity contribution is 0.0480. The minimum atomic E-state index is 0.403. The zero-order chi connectivity index (χ0) is 12.8. The van der Waals surface area contributed by atoms with Gasteiger partial charge in [-0.05, 0) is 19.1 Å². The van der Waals surface area contributed by atoms with E-state index in [4.69, 9.17) is 4.74 Å². The number of aromatic nitrogens is 2. The van der Waals surface area contributed by atoms with Crippen LogP contribution in [0.3, 0.4) is 0 Å². The van der Waals surface area contributed by atoms with Crippen molar-refractivity contribution in [2.45, 2.75) is 24.0 Å². The highest BCUT2D eigenvalue weighted by Gasteiger charge is 2.20. The summed E-state index contributed by atoms with van der Waals surface area (Å²) < 4.78 is 5.75.